The van der Waals surface area contributed by atoms with E-state index in [-0.39, 0.29) is 11.9 Å². The number of nitrogens with two attached hydrogens (primary N) is 1. The Balaban J connectivity index is 2.49. The predicted octanol–water partition coefficient (Wildman–Crippen LogP) is 2.30. The maximum Gasteiger partial charge on any atom is 0.237 e. The van der Waals surface area contributed by atoms with E-state index in [0.717, 1.165) is 6.42 Å². The van der Waals surface area contributed by atoms with Crippen molar-refractivity contribution in [1.82, 2.24) is 5.32 Å². The number of rotatable bonds is 7. The lowest BCUT2D eigenvalue weighted by atomic mass is 10.1. The quantitative estimate of drug-likeness (QED) is 0.755. The summed E-state index contributed by atoms with van der Waals surface area (Å²) in [5.41, 5.74) is 7.04. The highest BCUT2D eigenvalue weighted by atomic mass is 32.1. The van der Waals surface area contributed by atoms with Crippen LogP contribution in [0.5, 0.6) is 0 Å². The van der Waals surface area contributed by atoms with Crippen LogP contribution in [0.1, 0.15) is 41.1 Å². The number of amides is 1. The predicted molar refractivity (Wildman–Crippen MR) is 79.4 cm³/mol. The molecule has 0 aliphatic heterocycles. The van der Waals surface area contributed by atoms with Crippen LogP contribution in [0.2, 0.25) is 0 Å². The molecule has 0 bridgehead atoms. The van der Waals surface area contributed by atoms with Crippen LogP contribution in [-0.4, -0.2) is 25.7 Å². The van der Waals surface area contributed by atoms with Gasteiger partial charge in [-0.25, -0.2) is 0 Å². The lowest BCUT2D eigenvalue weighted by Crippen LogP contribution is -2.41. The molecule has 0 aromatic carbocycles. The van der Waals surface area contributed by atoms with Crippen LogP contribution >= 0.6 is 11.3 Å². The Kier molecular flexibility index (Phi) is 6.48. The van der Waals surface area contributed by atoms with Gasteiger partial charge in [0.15, 0.2) is 0 Å². The lowest BCUT2D eigenvalue weighted by Gasteiger charge is -2.17. The number of methoxy groups -OCH3 is 1. The minimum absolute atomic E-state index is 0.00549. The third-order valence-electron chi connectivity index (χ3n) is 3.11. The summed E-state index contributed by atoms with van der Waals surface area (Å²) in [5, 5.41) is 2.98. The van der Waals surface area contributed by atoms with E-state index in [1.54, 1.807) is 18.4 Å². The van der Waals surface area contributed by atoms with Crippen molar-refractivity contribution in [3.63, 3.8) is 0 Å². The van der Waals surface area contributed by atoms with E-state index < -0.39 is 6.04 Å². The van der Waals surface area contributed by atoms with Crippen molar-refractivity contribution in [2.75, 3.05) is 13.7 Å². The second kappa shape index (κ2) is 7.62. The van der Waals surface area contributed by atoms with E-state index in [1.165, 1.54) is 15.3 Å². The van der Waals surface area contributed by atoms with E-state index in [4.69, 9.17) is 10.5 Å². The van der Waals surface area contributed by atoms with Gasteiger partial charge in [0.1, 0.15) is 0 Å². The minimum atomic E-state index is -0.461. The van der Waals surface area contributed by atoms with E-state index in [2.05, 4.69) is 25.2 Å². The maximum absolute atomic E-state index is 12.0. The molecule has 108 valence electrons. The van der Waals surface area contributed by atoms with E-state index in [0.29, 0.717) is 13.0 Å². The first-order valence-electron chi connectivity index (χ1n) is 6.57. The molecule has 0 saturated carbocycles. The van der Waals surface area contributed by atoms with Crippen molar-refractivity contribution >= 4 is 17.2 Å². The van der Waals surface area contributed by atoms with E-state index >= 15 is 0 Å². The average molecular weight is 284 g/mol. The normalized spacial score (nSPS) is 14.2. The van der Waals surface area contributed by atoms with Gasteiger partial charge in [0, 0.05) is 23.5 Å². The van der Waals surface area contributed by atoms with Crippen LogP contribution in [0.25, 0.3) is 0 Å². The summed E-state index contributed by atoms with van der Waals surface area (Å²) in [4.78, 5) is 14.5. The second-order valence-corrected chi connectivity index (χ2v) is 6.30. The Labute approximate surface area is 119 Å². The van der Waals surface area contributed by atoms with Crippen LogP contribution in [0.15, 0.2) is 6.07 Å². The molecule has 0 radical (unpaired) electrons. The molecule has 1 amide bonds. The molecule has 5 heteroatoms. The number of hydrogen-bond acceptors (Lipinski definition) is 4. The van der Waals surface area contributed by atoms with Crippen LogP contribution < -0.4 is 11.1 Å². The standard InChI is InChI=1S/C14H24N2O2S/c1-9-8-12(11(3)19-9)10(2)16-14(17)13(15)6-5-7-18-4/h8,10,13H,5-7,15H2,1-4H3,(H,16,17). The summed E-state index contributed by atoms with van der Waals surface area (Å²) in [6.45, 7) is 6.79. The minimum Gasteiger partial charge on any atom is -0.385 e. The van der Waals surface area contributed by atoms with Gasteiger partial charge in [0.2, 0.25) is 5.91 Å². The number of carbonyl (C=O) groups excluding carboxylic acids is 1. The zero-order valence-corrected chi connectivity index (χ0v) is 13.0. The highest BCUT2D eigenvalue weighted by molar-refractivity contribution is 7.12. The largest absolute Gasteiger partial charge is 0.385 e. The summed E-state index contributed by atoms with van der Waals surface area (Å²) < 4.78 is 4.95. The Morgan fingerprint density at radius 1 is 1.53 bits per heavy atom. The molecule has 1 aromatic rings. The molecule has 0 spiro atoms. The number of nitrogens with one attached hydrogen (secondary N) is 1. The Morgan fingerprint density at radius 3 is 2.74 bits per heavy atom. The van der Waals surface area contributed by atoms with Crippen molar-refractivity contribution in [3.8, 4) is 0 Å². The molecule has 2 atom stereocenters. The number of carbonyl (C=O) groups is 1. The van der Waals surface area contributed by atoms with Crippen molar-refractivity contribution in [2.24, 2.45) is 5.73 Å². The SMILES string of the molecule is COCCCC(N)C(=O)NC(C)c1cc(C)sc1C. The smallest absolute Gasteiger partial charge is 0.237 e. The molecule has 0 aliphatic rings. The molecule has 0 fully saturated rings. The number of thiophene rings is 1. The highest BCUT2D eigenvalue weighted by Crippen LogP contribution is 2.26. The summed E-state index contributed by atoms with van der Waals surface area (Å²) >= 11 is 1.75. The molecule has 1 heterocycles. The highest BCUT2D eigenvalue weighted by Gasteiger charge is 2.18. The Hall–Kier alpha value is -0.910. The molecule has 3 N–H and O–H groups in total. The van der Waals surface area contributed by atoms with Gasteiger partial charge in [-0.3, -0.25) is 4.79 Å². The third kappa shape index (κ3) is 4.93. The Bertz CT molecular complexity index is 418. The summed E-state index contributed by atoms with van der Waals surface area (Å²) in [7, 11) is 1.65. The van der Waals surface area contributed by atoms with Crippen LogP contribution in [0.3, 0.4) is 0 Å². The van der Waals surface area contributed by atoms with Crippen LogP contribution in [0.4, 0.5) is 0 Å². The van der Waals surface area contributed by atoms with Crippen LogP contribution in [0, 0.1) is 13.8 Å². The van der Waals surface area contributed by atoms with Gasteiger partial charge < -0.3 is 15.8 Å². The second-order valence-electron chi connectivity index (χ2n) is 4.84. The number of aryl methyl sites for hydroxylation is 2. The average Bonchev–Trinajstić information content (AvgIpc) is 2.68. The molecule has 4 nitrogen and oxygen atoms in total. The summed E-state index contributed by atoms with van der Waals surface area (Å²) in [5.74, 6) is -0.0909. The van der Waals surface area contributed by atoms with Gasteiger partial charge in [-0.2, -0.15) is 0 Å². The van der Waals surface area contributed by atoms with Crippen molar-refractivity contribution < 1.29 is 9.53 Å². The van der Waals surface area contributed by atoms with Crippen LogP contribution in [-0.2, 0) is 9.53 Å². The molecular formula is C14H24N2O2S. The first kappa shape index (κ1) is 16.1. The van der Waals surface area contributed by atoms with Gasteiger partial charge in [-0.1, -0.05) is 0 Å². The zero-order valence-electron chi connectivity index (χ0n) is 12.2. The summed E-state index contributed by atoms with van der Waals surface area (Å²) in [6.07, 6.45) is 1.45. The fraction of sp³-hybridized carbons (Fsp3) is 0.643. The molecular weight excluding hydrogens is 260 g/mol. The fourth-order valence-corrected chi connectivity index (χ4v) is 3.08. The summed E-state index contributed by atoms with van der Waals surface area (Å²) in [6, 6.07) is 1.67. The Morgan fingerprint density at radius 2 is 2.21 bits per heavy atom. The topological polar surface area (TPSA) is 64.3 Å². The molecule has 0 saturated heterocycles. The first-order valence-corrected chi connectivity index (χ1v) is 7.39. The molecule has 19 heavy (non-hydrogen) atoms. The fourth-order valence-electron chi connectivity index (χ4n) is 2.06. The van der Waals surface area contributed by atoms with Crippen molar-refractivity contribution in [1.29, 1.82) is 0 Å². The molecule has 1 rings (SSSR count). The van der Waals surface area contributed by atoms with E-state index in [1.807, 2.05) is 6.92 Å². The van der Waals surface area contributed by atoms with Gasteiger partial charge in [-0.15, -0.1) is 11.3 Å². The van der Waals surface area contributed by atoms with Crippen molar-refractivity contribution in [3.05, 3.63) is 21.4 Å². The number of ether oxygens (including phenoxy) is 1. The van der Waals surface area contributed by atoms with E-state index in [9.17, 15) is 4.79 Å². The van der Waals surface area contributed by atoms with Gasteiger partial charge >= 0.3 is 0 Å². The van der Waals surface area contributed by atoms with Gasteiger partial charge in [0.05, 0.1) is 12.1 Å². The van der Waals surface area contributed by atoms with Gasteiger partial charge in [0.25, 0.3) is 0 Å². The molecule has 0 aliphatic carbocycles. The van der Waals surface area contributed by atoms with Gasteiger partial charge in [-0.05, 0) is 45.2 Å². The lowest BCUT2D eigenvalue weighted by molar-refractivity contribution is -0.123. The maximum atomic E-state index is 12.0. The third-order valence-corrected chi connectivity index (χ3v) is 4.09. The number of hydrogen-bond donors (Lipinski definition) is 2. The zero-order chi connectivity index (χ0) is 14.4. The monoisotopic (exact) mass is 284 g/mol. The molecule has 2 unspecified atom stereocenters. The molecule has 1 aromatic heterocycles. The first-order chi connectivity index (χ1) is 8.95. The van der Waals surface area contributed by atoms with Crippen molar-refractivity contribution in [2.45, 2.75) is 45.7 Å².